The molecular weight excluding hydrogens is 431 g/mol. The van der Waals surface area contributed by atoms with Gasteiger partial charge >= 0.3 is 6.18 Å². The van der Waals surface area contributed by atoms with Gasteiger partial charge in [0.15, 0.2) is 0 Å². The molecule has 0 radical (unpaired) electrons. The molecule has 2 aromatic heterocycles. The molecule has 1 N–H and O–H groups in total. The number of aromatic nitrogens is 1. The number of carbonyl (C=O) groups excluding carboxylic acids is 1. The van der Waals surface area contributed by atoms with Crippen LogP contribution in [0.5, 0.6) is 0 Å². The Labute approximate surface area is 180 Å². The van der Waals surface area contributed by atoms with Gasteiger partial charge in [-0.2, -0.15) is 24.5 Å². The highest BCUT2D eigenvalue weighted by molar-refractivity contribution is 7.13. The quantitative estimate of drug-likeness (QED) is 0.574. The SMILES string of the molecule is O=C(NC1CCN(Cc2csc(-c3ccc(C(F)(F)F)cc3)n2)CC1)c1ccsc1. The number of amides is 1. The Bertz CT molecular complexity index is 976. The third-order valence-electron chi connectivity index (χ3n) is 5.10. The largest absolute Gasteiger partial charge is 0.416 e. The number of carbonyl (C=O) groups is 1. The van der Waals surface area contributed by atoms with E-state index in [0.717, 1.165) is 48.8 Å². The molecule has 0 atom stereocenters. The summed E-state index contributed by atoms with van der Waals surface area (Å²) in [6, 6.07) is 7.11. The zero-order chi connectivity index (χ0) is 21.1. The third kappa shape index (κ3) is 5.08. The first-order valence-electron chi connectivity index (χ1n) is 9.56. The monoisotopic (exact) mass is 451 g/mol. The van der Waals surface area contributed by atoms with E-state index >= 15 is 0 Å². The number of likely N-dealkylation sites (tertiary alicyclic amines) is 1. The van der Waals surface area contributed by atoms with Crippen LogP contribution in [0.15, 0.2) is 46.5 Å². The fourth-order valence-electron chi connectivity index (χ4n) is 3.44. The van der Waals surface area contributed by atoms with Gasteiger partial charge in [-0.25, -0.2) is 4.98 Å². The van der Waals surface area contributed by atoms with E-state index in [2.05, 4.69) is 15.2 Å². The van der Waals surface area contributed by atoms with Crippen LogP contribution in [0.25, 0.3) is 10.6 Å². The molecule has 1 fully saturated rings. The Morgan fingerprint density at radius 1 is 1.13 bits per heavy atom. The normalized spacial score (nSPS) is 16.0. The summed E-state index contributed by atoms with van der Waals surface area (Å²) in [4.78, 5) is 19.1. The molecule has 1 saturated heterocycles. The molecule has 0 spiro atoms. The van der Waals surface area contributed by atoms with Crippen molar-refractivity contribution in [1.82, 2.24) is 15.2 Å². The number of alkyl halides is 3. The molecule has 0 saturated carbocycles. The Balaban J connectivity index is 1.29. The Morgan fingerprint density at radius 3 is 2.50 bits per heavy atom. The number of nitrogens with zero attached hydrogens (tertiary/aromatic N) is 2. The molecule has 158 valence electrons. The summed E-state index contributed by atoms with van der Waals surface area (Å²) in [5.74, 6) is -0.0182. The third-order valence-corrected chi connectivity index (χ3v) is 6.73. The van der Waals surface area contributed by atoms with Crippen LogP contribution in [-0.4, -0.2) is 34.9 Å². The molecule has 3 heterocycles. The zero-order valence-corrected chi connectivity index (χ0v) is 17.6. The summed E-state index contributed by atoms with van der Waals surface area (Å²) in [5.41, 5.74) is 1.66. The summed E-state index contributed by atoms with van der Waals surface area (Å²) in [6.45, 7) is 2.42. The first kappa shape index (κ1) is 21.0. The molecule has 4 rings (SSSR count). The van der Waals surface area contributed by atoms with Gasteiger partial charge in [0.1, 0.15) is 5.01 Å². The fourth-order valence-corrected chi connectivity index (χ4v) is 4.89. The van der Waals surface area contributed by atoms with Crippen LogP contribution in [-0.2, 0) is 12.7 Å². The summed E-state index contributed by atoms with van der Waals surface area (Å²) in [5, 5.41) is 9.51. The number of thiophene rings is 1. The standard InChI is InChI=1S/C21H20F3N3OS2/c22-21(23,24)16-3-1-14(2-4-16)20-26-18(13-30-20)11-27-8-5-17(6-9-27)25-19(28)15-7-10-29-12-15/h1-4,7,10,12-13,17H,5-6,8-9,11H2,(H,25,28). The van der Waals surface area contributed by atoms with Crippen LogP contribution in [0.2, 0.25) is 0 Å². The molecule has 0 unspecified atom stereocenters. The second kappa shape index (κ2) is 8.87. The molecule has 3 aromatic rings. The average molecular weight is 452 g/mol. The maximum absolute atomic E-state index is 12.7. The van der Waals surface area contributed by atoms with E-state index in [4.69, 9.17) is 0 Å². The number of nitrogens with one attached hydrogen (secondary N) is 1. The lowest BCUT2D eigenvalue weighted by atomic mass is 10.0. The predicted octanol–water partition coefficient (Wildman–Crippen LogP) is 5.28. The maximum Gasteiger partial charge on any atom is 0.416 e. The highest BCUT2D eigenvalue weighted by Gasteiger charge is 2.30. The Morgan fingerprint density at radius 2 is 1.87 bits per heavy atom. The van der Waals surface area contributed by atoms with Gasteiger partial charge in [0.05, 0.1) is 11.3 Å². The van der Waals surface area contributed by atoms with Gasteiger partial charge in [0, 0.05) is 47.6 Å². The average Bonchev–Trinajstić information content (AvgIpc) is 3.41. The zero-order valence-electron chi connectivity index (χ0n) is 16.0. The first-order valence-corrected chi connectivity index (χ1v) is 11.4. The van der Waals surface area contributed by atoms with Crippen molar-refractivity contribution in [3.8, 4) is 10.6 Å². The van der Waals surface area contributed by atoms with E-state index in [1.807, 2.05) is 22.2 Å². The summed E-state index contributed by atoms with van der Waals surface area (Å²) in [6.07, 6.45) is -2.57. The second-order valence-electron chi connectivity index (χ2n) is 7.26. The van der Waals surface area contributed by atoms with Crippen LogP contribution in [0, 0.1) is 0 Å². The van der Waals surface area contributed by atoms with Crippen molar-refractivity contribution in [2.45, 2.75) is 31.6 Å². The summed E-state index contributed by atoms with van der Waals surface area (Å²) in [7, 11) is 0. The van der Waals surface area contributed by atoms with Gasteiger partial charge in [0.25, 0.3) is 5.91 Å². The van der Waals surface area contributed by atoms with Crippen LogP contribution in [0.4, 0.5) is 13.2 Å². The lowest BCUT2D eigenvalue weighted by molar-refractivity contribution is -0.137. The molecule has 1 aliphatic rings. The number of thiazole rings is 1. The lowest BCUT2D eigenvalue weighted by Gasteiger charge is -2.31. The highest BCUT2D eigenvalue weighted by atomic mass is 32.1. The molecule has 1 aliphatic heterocycles. The van der Waals surface area contributed by atoms with Crippen LogP contribution in [0.3, 0.4) is 0 Å². The van der Waals surface area contributed by atoms with E-state index < -0.39 is 11.7 Å². The van der Waals surface area contributed by atoms with E-state index in [9.17, 15) is 18.0 Å². The Hall–Kier alpha value is -2.23. The minimum atomic E-state index is -4.33. The minimum Gasteiger partial charge on any atom is -0.349 e. The topological polar surface area (TPSA) is 45.2 Å². The van der Waals surface area contributed by atoms with E-state index in [1.54, 1.807) is 0 Å². The number of hydrogen-bond acceptors (Lipinski definition) is 5. The van der Waals surface area contributed by atoms with Gasteiger partial charge in [-0.3, -0.25) is 9.69 Å². The van der Waals surface area contributed by atoms with Crippen molar-refractivity contribution < 1.29 is 18.0 Å². The molecule has 30 heavy (non-hydrogen) atoms. The summed E-state index contributed by atoms with van der Waals surface area (Å²) >= 11 is 2.95. The van der Waals surface area contributed by atoms with Gasteiger partial charge in [-0.05, 0) is 36.4 Å². The van der Waals surface area contributed by atoms with E-state index in [0.29, 0.717) is 17.7 Å². The molecule has 0 aliphatic carbocycles. The molecule has 0 bridgehead atoms. The smallest absolute Gasteiger partial charge is 0.349 e. The van der Waals surface area contributed by atoms with Gasteiger partial charge in [-0.15, -0.1) is 11.3 Å². The predicted molar refractivity (Wildman–Crippen MR) is 113 cm³/mol. The lowest BCUT2D eigenvalue weighted by Crippen LogP contribution is -2.44. The van der Waals surface area contributed by atoms with Crippen LogP contribution >= 0.6 is 22.7 Å². The molecule has 4 nitrogen and oxygen atoms in total. The number of hydrogen-bond donors (Lipinski definition) is 1. The van der Waals surface area contributed by atoms with Crippen molar-refractivity contribution in [3.05, 3.63) is 63.3 Å². The van der Waals surface area contributed by atoms with Crippen molar-refractivity contribution in [2.75, 3.05) is 13.1 Å². The second-order valence-corrected chi connectivity index (χ2v) is 8.89. The first-order chi connectivity index (χ1) is 14.4. The van der Waals surface area contributed by atoms with E-state index in [1.165, 1.54) is 34.8 Å². The van der Waals surface area contributed by atoms with Gasteiger partial charge in [0.2, 0.25) is 0 Å². The number of halogens is 3. The molecule has 1 aromatic carbocycles. The van der Waals surface area contributed by atoms with Crippen molar-refractivity contribution in [1.29, 1.82) is 0 Å². The van der Waals surface area contributed by atoms with E-state index in [-0.39, 0.29) is 11.9 Å². The van der Waals surface area contributed by atoms with Crippen LogP contribution in [0.1, 0.15) is 34.5 Å². The van der Waals surface area contributed by atoms with Crippen LogP contribution < -0.4 is 5.32 Å². The van der Waals surface area contributed by atoms with Crippen molar-refractivity contribution >= 4 is 28.6 Å². The summed E-state index contributed by atoms with van der Waals surface area (Å²) < 4.78 is 38.1. The van der Waals surface area contributed by atoms with Crippen molar-refractivity contribution in [2.24, 2.45) is 0 Å². The van der Waals surface area contributed by atoms with Crippen molar-refractivity contribution in [3.63, 3.8) is 0 Å². The molecular formula is C21H20F3N3OS2. The fraction of sp³-hybridized carbons (Fsp3) is 0.333. The molecule has 9 heteroatoms. The highest BCUT2D eigenvalue weighted by Crippen LogP contribution is 2.32. The number of piperidine rings is 1. The minimum absolute atomic E-state index is 0.0182. The Kier molecular flexibility index (Phi) is 6.21. The molecule has 1 amide bonds. The van der Waals surface area contributed by atoms with Gasteiger partial charge < -0.3 is 5.32 Å². The maximum atomic E-state index is 12.7. The number of benzene rings is 1. The number of rotatable bonds is 5. The van der Waals surface area contributed by atoms with Gasteiger partial charge in [-0.1, -0.05) is 12.1 Å².